The molecule has 3 aromatic carbocycles. The van der Waals surface area contributed by atoms with Crippen LogP contribution in [0.5, 0.6) is 0 Å². The highest BCUT2D eigenvalue weighted by Gasteiger charge is 2.17. The van der Waals surface area contributed by atoms with Crippen LogP contribution in [0.4, 0.5) is 0 Å². The van der Waals surface area contributed by atoms with E-state index < -0.39 is 0 Å². The zero-order chi connectivity index (χ0) is 24.9. The van der Waals surface area contributed by atoms with Crippen LogP contribution in [0.3, 0.4) is 0 Å². The minimum Gasteiger partial charge on any atom is -0.501 e. The fourth-order valence-corrected chi connectivity index (χ4v) is 4.23. The average Bonchev–Trinajstić information content (AvgIpc) is 3.34. The zero-order valence-electron chi connectivity index (χ0n) is 19.8. The maximum absolute atomic E-state index is 12.3. The molecule has 0 fully saturated rings. The summed E-state index contributed by atoms with van der Waals surface area (Å²) in [5, 5.41) is 5.64. The number of fused-ring (bicyclic) bond motifs is 1. The van der Waals surface area contributed by atoms with E-state index in [4.69, 9.17) is 16.3 Å². The number of hydrogen-bond donors (Lipinski definition) is 1. The second kappa shape index (κ2) is 10.6. The number of ether oxygens (including phenoxy) is 1. The molecule has 0 spiro atoms. The highest BCUT2D eigenvalue weighted by molar-refractivity contribution is 6.30. The second-order valence-electron chi connectivity index (χ2n) is 8.38. The van der Waals surface area contributed by atoms with E-state index in [2.05, 4.69) is 52.3 Å². The molecule has 0 unspecified atom stereocenters. The summed E-state index contributed by atoms with van der Waals surface area (Å²) in [5.41, 5.74) is 6.15. The van der Waals surface area contributed by atoms with E-state index in [-0.39, 0.29) is 5.56 Å². The molecule has 180 valence electrons. The zero-order valence-corrected chi connectivity index (χ0v) is 20.6. The van der Waals surface area contributed by atoms with E-state index in [0.717, 1.165) is 53.0 Å². The minimum atomic E-state index is -0.223. The Balaban J connectivity index is 1.63. The first kappa shape index (κ1) is 23.6. The monoisotopic (exact) mass is 496 g/mol. The van der Waals surface area contributed by atoms with E-state index in [9.17, 15) is 4.79 Å². The van der Waals surface area contributed by atoms with E-state index in [1.165, 1.54) is 6.33 Å². The number of H-pyrrole nitrogens is 1. The number of rotatable bonds is 8. The Kier molecular flexibility index (Phi) is 6.96. The molecule has 7 heteroatoms. The fraction of sp³-hybridized carbons (Fsp3) is 0.138. The molecule has 36 heavy (non-hydrogen) atoms. The summed E-state index contributed by atoms with van der Waals surface area (Å²) < 4.78 is 7.28. The van der Waals surface area contributed by atoms with Crippen LogP contribution in [0.15, 0.2) is 90.3 Å². The van der Waals surface area contributed by atoms with E-state index in [1.54, 1.807) is 17.1 Å². The summed E-state index contributed by atoms with van der Waals surface area (Å²) in [6, 6.07) is 22.1. The van der Waals surface area contributed by atoms with Crippen molar-refractivity contribution in [1.29, 1.82) is 0 Å². The Morgan fingerprint density at radius 2 is 1.81 bits per heavy atom. The molecule has 0 saturated heterocycles. The van der Waals surface area contributed by atoms with Crippen molar-refractivity contribution in [2.45, 2.75) is 19.8 Å². The largest absolute Gasteiger partial charge is 0.501 e. The topological polar surface area (TPSA) is 72.8 Å². The molecule has 0 bridgehead atoms. The van der Waals surface area contributed by atoms with Crippen molar-refractivity contribution in [3.63, 3.8) is 0 Å². The number of halogens is 1. The van der Waals surface area contributed by atoms with Crippen LogP contribution in [-0.4, -0.2) is 26.4 Å². The van der Waals surface area contributed by atoms with Crippen molar-refractivity contribution < 1.29 is 4.74 Å². The van der Waals surface area contributed by atoms with Crippen LogP contribution in [0, 0.1) is 0 Å². The highest BCUT2D eigenvalue weighted by atomic mass is 35.5. The van der Waals surface area contributed by atoms with Crippen molar-refractivity contribution >= 4 is 28.7 Å². The molecular formula is C29H25ClN4O2. The molecular weight excluding hydrogens is 472 g/mol. The lowest BCUT2D eigenvalue weighted by atomic mass is 9.92. The predicted octanol–water partition coefficient (Wildman–Crippen LogP) is 6.88. The molecule has 0 aliphatic rings. The lowest BCUT2D eigenvalue weighted by molar-refractivity contribution is 0.246. The molecule has 5 rings (SSSR count). The number of hydrogen-bond acceptors (Lipinski definition) is 4. The van der Waals surface area contributed by atoms with Crippen LogP contribution in [0.1, 0.15) is 25.3 Å². The number of aromatic amines is 1. The van der Waals surface area contributed by atoms with Gasteiger partial charge in [-0.15, -0.1) is 0 Å². The Hall–Kier alpha value is -4.16. The van der Waals surface area contributed by atoms with Gasteiger partial charge in [-0.25, -0.2) is 9.67 Å². The minimum absolute atomic E-state index is 0.223. The number of nitrogens with one attached hydrogen (secondary N) is 1. The van der Waals surface area contributed by atoms with Gasteiger partial charge >= 0.3 is 0 Å². The van der Waals surface area contributed by atoms with Gasteiger partial charge in [-0.05, 0) is 52.9 Å². The fourth-order valence-electron chi connectivity index (χ4n) is 4.11. The van der Waals surface area contributed by atoms with E-state index >= 15 is 0 Å². The maximum atomic E-state index is 12.3. The molecule has 2 aromatic heterocycles. The van der Waals surface area contributed by atoms with Gasteiger partial charge in [0, 0.05) is 10.6 Å². The highest BCUT2D eigenvalue weighted by Crippen LogP contribution is 2.38. The lowest BCUT2D eigenvalue weighted by Crippen LogP contribution is -2.07. The van der Waals surface area contributed by atoms with Gasteiger partial charge < -0.3 is 9.72 Å². The standard InChI is InChI=1S/C29H25ClN4O2/c1-2-3-16-36-17-15-20-7-9-22(10-8-20)27-24(21-11-13-23(30)14-12-21)5-4-6-26(27)34-28-25(18-33-34)29(35)32-19-31-28/h4-15,17-19H,2-3,16H2,1H3,(H,31,32,35)/b17-15+. The molecule has 6 nitrogen and oxygen atoms in total. The van der Waals surface area contributed by atoms with Gasteiger partial charge in [0.1, 0.15) is 5.39 Å². The molecule has 0 radical (unpaired) electrons. The van der Waals surface area contributed by atoms with Crippen molar-refractivity contribution in [3.8, 4) is 27.9 Å². The summed E-state index contributed by atoms with van der Waals surface area (Å²) in [6.07, 6.45) is 8.80. The van der Waals surface area contributed by atoms with E-state index in [1.807, 2.05) is 42.5 Å². The molecule has 0 saturated carbocycles. The molecule has 0 amide bonds. The lowest BCUT2D eigenvalue weighted by Gasteiger charge is -2.16. The van der Waals surface area contributed by atoms with Gasteiger partial charge in [-0.1, -0.05) is 73.5 Å². The second-order valence-corrected chi connectivity index (χ2v) is 8.82. The number of nitrogens with zero attached hydrogens (tertiary/aromatic N) is 3. The van der Waals surface area contributed by atoms with Crippen LogP contribution in [-0.2, 0) is 4.74 Å². The van der Waals surface area contributed by atoms with Crippen molar-refractivity contribution in [2.24, 2.45) is 0 Å². The van der Waals surface area contributed by atoms with Gasteiger partial charge in [-0.2, -0.15) is 5.10 Å². The van der Waals surface area contributed by atoms with Crippen LogP contribution in [0.2, 0.25) is 5.02 Å². The molecule has 0 aliphatic heterocycles. The molecule has 0 atom stereocenters. The SMILES string of the molecule is CCCCO/C=C/c1ccc(-c2c(-c3ccc(Cl)cc3)cccc2-n2ncc3c(=O)[nH]cnc32)cc1. The molecule has 5 aromatic rings. The normalized spacial score (nSPS) is 11.4. The summed E-state index contributed by atoms with van der Waals surface area (Å²) in [7, 11) is 0. The maximum Gasteiger partial charge on any atom is 0.261 e. The molecule has 2 heterocycles. The third kappa shape index (κ3) is 4.81. The first-order valence-corrected chi connectivity index (χ1v) is 12.2. The third-order valence-corrected chi connectivity index (χ3v) is 6.22. The quantitative estimate of drug-likeness (QED) is 0.187. The Bertz CT molecular complexity index is 1570. The summed E-state index contributed by atoms with van der Waals surface area (Å²) >= 11 is 6.16. The number of aromatic nitrogens is 4. The predicted molar refractivity (Wildman–Crippen MR) is 145 cm³/mol. The van der Waals surface area contributed by atoms with Crippen LogP contribution >= 0.6 is 11.6 Å². The Morgan fingerprint density at radius 3 is 2.58 bits per heavy atom. The molecule has 0 aliphatic carbocycles. The van der Waals surface area contributed by atoms with Gasteiger partial charge in [0.15, 0.2) is 5.65 Å². The Labute approximate surface area is 213 Å². The smallest absolute Gasteiger partial charge is 0.261 e. The summed E-state index contributed by atoms with van der Waals surface area (Å²) in [6.45, 7) is 2.86. The van der Waals surface area contributed by atoms with Gasteiger partial charge in [0.05, 0.1) is 31.1 Å². The van der Waals surface area contributed by atoms with Gasteiger partial charge in [0.25, 0.3) is 5.56 Å². The first-order chi connectivity index (χ1) is 17.7. The molecule has 1 N–H and O–H groups in total. The van der Waals surface area contributed by atoms with Crippen molar-refractivity contribution in [1.82, 2.24) is 19.7 Å². The van der Waals surface area contributed by atoms with Crippen molar-refractivity contribution in [2.75, 3.05) is 6.61 Å². The van der Waals surface area contributed by atoms with E-state index in [0.29, 0.717) is 16.1 Å². The summed E-state index contributed by atoms with van der Waals surface area (Å²) in [5.74, 6) is 0. The third-order valence-electron chi connectivity index (χ3n) is 5.97. The number of benzene rings is 3. The van der Waals surface area contributed by atoms with Gasteiger partial charge in [0.2, 0.25) is 0 Å². The van der Waals surface area contributed by atoms with Crippen LogP contribution in [0.25, 0.3) is 45.1 Å². The number of unbranched alkanes of at least 4 members (excludes halogenated alkanes) is 1. The first-order valence-electron chi connectivity index (χ1n) is 11.8. The Morgan fingerprint density at radius 1 is 1.03 bits per heavy atom. The average molecular weight is 497 g/mol. The summed E-state index contributed by atoms with van der Waals surface area (Å²) in [4.78, 5) is 19.3. The van der Waals surface area contributed by atoms with Crippen LogP contribution < -0.4 is 5.56 Å². The van der Waals surface area contributed by atoms with Gasteiger partial charge in [-0.3, -0.25) is 4.79 Å². The van der Waals surface area contributed by atoms with Crippen molar-refractivity contribution in [3.05, 3.63) is 106 Å².